The Bertz CT molecular complexity index is 939. The van der Waals surface area contributed by atoms with Crippen LogP contribution in [0.25, 0.3) is 0 Å². The quantitative estimate of drug-likeness (QED) is 0.757. The molecule has 8 nitrogen and oxygen atoms in total. The number of nitrogens with one attached hydrogen (secondary N) is 3. The second kappa shape index (κ2) is 7.91. The van der Waals surface area contributed by atoms with Crippen LogP contribution in [0.3, 0.4) is 0 Å². The van der Waals surface area contributed by atoms with E-state index in [9.17, 15) is 19.2 Å². The highest BCUT2D eigenvalue weighted by molar-refractivity contribution is 6.13. The molecular formula is C20H20N4O4. The molecule has 3 N–H and O–H groups in total. The number of carbonyl (C=O) groups excluding carboxylic acids is 4. The van der Waals surface area contributed by atoms with E-state index in [1.165, 1.54) is 18.7 Å². The Hall–Kier alpha value is -3.68. The average Bonchev–Trinajstić information content (AvgIpc) is 2.63. The highest BCUT2D eigenvalue weighted by Gasteiger charge is 2.36. The largest absolute Gasteiger partial charge is 0.326 e. The zero-order chi connectivity index (χ0) is 20.3. The van der Waals surface area contributed by atoms with Gasteiger partial charge in [-0.25, -0.2) is 0 Å². The zero-order valence-corrected chi connectivity index (χ0v) is 15.5. The van der Waals surface area contributed by atoms with E-state index < -0.39 is 17.9 Å². The number of anilines is 4. The topological polar surface area (TPSA) is 108 Å². The van der Waals surface area contributed by atoms with Crippen molar-refractivity contribution in [1.29, 1.82) is 0 Å². The summed E-state index contributed by atoms with van der Waals surface area (Å²) in [6.45, 7) is 2.77. The number of fused-ring (bicyclic) bond motifs is 1. The predicted octanol–water partition coefficient (Wildman–Crippen LogP) is 2.35. The Morgan fingerprint density at radius 2 is 1.57 bits per heavy atom. The number of amides is 4. The molecule has 0 aromatic heterocycles. The Balaban J connectivity index is 1.73. The average molecular weight is 380 g/mol. The molecular weight excluding hydrogens is 360 g/mol. The first-order chi connectivity index (χ1) is 13.3. The Labute approximate surface area is 161 Å². The van der Waals surface area contributed by atoms with Gasteiger partial charge in [0.1, 0.15) is 6.04 Å². The van der Waals surface area contributed by atoms with Gasteiger partial charge in [0.05, 0.1) is 17.8 Å². The maximum Gasteiger partial charge on any atom is 0.248 e. The molecule has 3 rings (SSSR count). The van der Waals surface area contributed by atoms with Crippen molar-refractivity contribution in [1.82, 2.24) is 0 Å². The summed E-state index contributed by atoms with van der Waals surface area (Å²) in [6, 6.07) is 12.6. The van der Waals surface area contributed by atoms with Crippen LogP contribution in [0.15, 0.2) is 48.5 Å². The number of hydrogen-bond acceptors (Lipinski definition) is 4. The molecule has 0 bridgehead atoms. The van der Waals surface area contributed by atoms with Gasteiger partial charge in [-0.05, 0) is 36.4 Å². The van der Waals surface area contributed by atoms with Gasteiger partial charge in [0.2, 0.25) is 23.6 Å². The minimum atomic E-state index is -0.939. The summed E-state index contributed by atoms with van der Waals surface area (Å²) >= 11 is 0. The number of benzene rings is 2. The van der Waals surface area contributed by atoms with Crippen molar-refractivity contribution >= 4 is 46.4 Å². The summed E-state index contributed by atoms with van der Waals surface area (Å²) in [5.41, 5.74) is 2.22. The highest BCUT2D eigenvalue weighted by atomic mass is 16.2. The minimum Gasteiger partial charge on any atom is -0.326 e. The third kappa shape index (κ3) is 4.17. The van der Waals surface area contributed by atoms with Crippen LogP contribution >= 0.6 is 0 Å². The lowest BCUT2D eigenvalue weighted by atomic mass is 10.0. The van der Waals surface area contributed by atoms with Crippen molar-refractivity contribution in [2.24, 2.45) is 0 Å². The van der Waals surface area contributed by atoms with E-state index in [1.807, 2.05) is 0 Å². The molecule has 0 spiro atoms. The molecule has 0 radical (unpaired) electrons. The molecule has 0 fully saturated rings. The Kier molecular flexibility index (Phi) is 5.39. The molecule has 8 heteroatoms. The van der Waals surface area contributed by atoms with Crippen LogP contribution in [0.5, 0.6) is 0 Å². The van der Waals surface area contributed by atoms with Crippen molar-refractivity contribution in [2.45, 2.75) is 26.3 Å². The summed E-state index contributed by atoms with van der Waals surface area (Å²) in [5.74, 6) is -1.33. The summed E-state index contributed by atoms with van der Waals surface area (Å²) in [7, 11) is 0. The van der Waals surface area contributed by atoms with Gasteiger partial charge in [0.25, 0.3) is 0 Å². The van der Waals surface area contributed by atoms with Crippen LogP contribution in [0.4, 0.5) is 22.7 Å². The van der Waals surface area contributed by atoms with E-state index in [0.717, 1.165) is 0 Å². The van der Waals surface area contributed by atoms with Gasteiger partial charge < -0.3 is 16.0 Å². The molecule has 28 heavy (non-hydrogen) atoms. The lowest BCUT2D eigenvalue weighted by Crippen LogP contribution is -2.51. The molecule has 144 valence electrons. The second-order valence-electron chi connectivity index (χ2n) is 6.42. The Morgan fingerprint density at radius 1 is 0.964 bits per heavy atom. The molecule has 0 saturated heterocycles. The fraction of sp³-hybridized carbons (Fsp3) is 0.200. The van der Waals surface area contributed by atoms with Gasteiger partial charge >= 0.3 is 0 Å². The number of para-hydroxylation sites is 2. The van der Waals surface area contributed by atoms with Gasteiger partial charge in [-0.2, -0.15) is 0 Å². The molecule has 1 atom stereocenters. The first-order valence-electron chi connectivity index (χ1n) is 8.72. The van der Waals surface area contributed by atoms with Crippen molar-refractivity contribution in [3.8, 4) is 0 Å². The summed E-state index contributed by atoms with van der Waals surface area (Å²) in [4.78, 5) is 49.5. The van der Waals surface area contributed by atoms with Crippen LogP contribution in [-0.2, 0) is 19.2 Å². The molecule has 1 aliphatic heterocycles. The molecule has 0 saturated carbocycles. The first-order valence-corrected chi connectivity index (χ1v) is 8.72. The third-order valence-corrected chi connectivity index (χ3v) is 4.24. The lowest BCUT2D eigenvalue weighted by Gasteiger charge is -2.35. The fourth-order valence-corrected chi connectivity index (χ4v) is 3.09. The summed E-state index contributed by atoms with van der Waals surface area (Å²) < 4.78 is 0. The van der Waals surface area contributed by atoms with Gasteiger partial charge in [0.15, 0.2) is 0 Å². The van der Waals surface area contributed by atoms with E-state index in [0.29, 0.717) is 22.7 Å². The molecule has 1 heterocycles. The third-order valence-electron chi connectivity index (χ3n) is 4.24. The van der Waals surface area contributed by atoms with Crippen LogP contribution in [-0.4, -0.2) is 29.7 Å². The zero-order valence-electron chi connectivity index (χ0n) is 15.5. The standard InChI is InChI=1S/C20H20N4O4/c1-12(25)21-14-7-9-15(10-8-14)22-19(27)11-18-20(28)23-16-5-3-4-6-17(16)24(18)13(2)26/h3-10,18H,11H2,1-2H3,(H,21,25)(H,22,27)(H,23,28)/t18-/m0/s1. The van der Waals surface area contributed by atoms with E-state index in [2.05, 4.69) is 16.0 Å². The molecule has 4 amide bonds. The van der Waals surface area contributed by atoms with Crippen molar-refractivity contribution in [3.05, 3.63) is 48.5 Å². The SMILES string of the molecule is CC(=O)Nc1ccc(NC(=O)C[C@H]2C(=O)Nc3ccccc3N2C(C)=O)cc1. The normalized spacial score (nSPS) is 15.3. The number of hydrogen-bond donors (Lipinski definition) is 3. The van der Waals surface area contributed by atoms with Crippen LogP contribution in [0.2, 0.25) is 0 Å². The minimum absolute atomic E-state index is 0.187. The predicted molar refractivity (Wildman–Crippen MR) is 106 cm³/mol. The fourth-order valence-electron chi connectivity index (χ4n) is 3.09. The summed E-state index contributed by atoms with van der Waals surface area (Å²) in [5, 5.41) is 8.08. The van der Waals surface area contributed by atoms with Crippen molar-refractivity contribution in [2.75, 3.05) is 20.9 Å². The van der Waals surface area contributed by atoms with Crippen LogP contribution in [0, 0.1) is 0 Å². The van der Waals surface area contributed by atoms with Gasteiger partial charge in [-0.3, -0.25) is 24.1 Å². The summed E-state index contributed by atoms with van der Waals surface area (Å²) in [6.07, 6.45) is -0.187. The van der Waals surface area contributed by atoms with Crippen LogP contribution in [0.1, 0.15) is 20.3 Å². The maximum absolute atomic E-state index is 12.5. The first kappa shape index (κ1) is 19.1. The van der Waals surface area contributed by atoms with E-state index in [4.69, 9.17) is 0 Å². The van der Waals surface area contributed by atoms with Crippen molar-refractivity contribution < 1.29 is 19.2 Å². The van der Waals surface area contributed by atoms with Gasteiger partial charge in [-0.15, -0.1) is 0 Å². The molecule has 0 aliphatic carbocycles. The number of nitrogens with zero attached hydrogens (tertiary/aromatic N) is 1. The highest BCUT2D eigenvalue weighted by Crippen LogP contribution is 2.33. The maximum atomic E-state index is 12.5. The van der Waals surface area contributed by atoms with Gasteiger partial charge in [0, 0.05) is 25.2 Å². The molecule has 2 aromatic rings. The lowest BCUT2D eigenvalue weighted by molar-refractivity contribution is -0.125. The van der Waals surface area contributed by atoms with E-state index in [-0.39, 0.29) is 18.2 Å². The Morgan fingerprint density at radius 3 is 2.18 bits per heavy atom. The number of rotatable bonds is 4. The second-order valence-corrected chi connectivity index (χ2v) is 6.42. The number of carbonyl (C=O) groups is 4. The monoisotopic (exact) mass is 380 g/mol. The van der Waals surface area contributed by atoms with Gasteiger partial charge in [-0.1, -0.05) is 12.1 Å². The van der Waals surface area contributed by atoms with Crippen LogP contribution < -0.4 is 20.9 Å². The molecule has 2 aromatic carbocycles. The van der Waals surface area contributed by atoms with E-state index in [1.54, 1.807) is 48.5 Å². The van der Waals surface area contributed by atoms with Crippen molar-refractivity contribution in [3.63, 3.8) is 0 Å². The van der Waals surface area contributed by atoms with E-state index >= 15 is 0 Å². The smallest absolute Gasteiger partial charge is 0.248 e. The molecule has 0 unspecified atom stereocenters. The molecule has 1 aliphatic rings.